The Balaban J connectivity index is 2.10. The smallest absolute Gasteiger partial charge is 0.346 e. The number of methoxy groups -OCH3 is 3. The Kier molecular flexibility index (Phi) is 5.26. The molecule has 0 bridgehead atoms. The minimum atomic E-state index is -0.698. The molecule has 3 rings (SSSR count). The first kappa shape index (κ1) is 18.3. The summed E-state index contributed by atoms with van der Waals surface area (Å²) in [5.41, 5.74) is 1.75. The van der Waals surface area contributed by atoms with Crippen LogP contribution in [0.25, 0.3) is 12.2 Å². The first-order chi connectivity index (χ1) is 13.1. The number of ether oxygens (including phenoxy) is 4. The number of carbonyl (C=O) groups excluding carboxylic acids is 2. The molecule has 0 atom stereocenters. The van der Waals surface area contributed by atoms with Crippen molar-refractivity contribution in [3.8, 4) is 17.2 Å². The summed E-state index contributed by atoms with van der Waals surface area (Å²) in [7, 11) is 4.51. The topological polar surface area (TPSA) is 71.1 Å². The zero-order valence-electron chi connectivity index (χ0n) is 15.1. The van der Waals surface area contributed by atoms with E-state index in [1.165, 1.54) is 21.3 Å². The number of benzene rings is 2. The number of esters is 2. The molecule has 6 heteroatoms. The molecular formula is C21H18O6. The summed E-state index contributed by atoms with van der Waals surface area (Å²) in [4.78, 5) is 24.3. The molecule has 138 valence electrons. The van der Waals surface area contributed by atoms with Gasteiger partial charge in [0.1, 0.15) is 0 Å². The van der Waals surface area contributed by atoms with E-state index < -0.39 is 11.9 Å². The van der Waals surface area contributed by atoms with Crippen molar-refractivity contribution in [3.05, 3.63) is 64.7 Å². The van der Waals surface area contributed by atoms with Gasteiger partial charge in [-0.05, 0) is 35.4 Å². The Morgan fingerprint density at radius 1 is 0.741 bits per heavy atom. The molecule has 0 saturated carbocycles. The highest BCUT2D eigenvalue weighted by Crippen LogP contribution is 2.39. The van der Waals surface area contributed by atoms with E-state index in [1.54, 1.807) is 24.3 Å². The van der Waals surface area contributed by atoms with E-state index in [9.17, 15) is 9.59 Å². The normalized spacial score (nSPS) is 16.6. The molecule has 2 aromatic rings. The van der Waals surface area contributed by atoms with Gasteiger partial charge >= 0.3 is 11.9 Å². The maximum atomic E-state index is 12.2. The van der Waals surface area contributed by atoms with Crippen LogP contribution < -0.4 is 14.2 Å². The highest BCUT2D eigenvalue weighted by molar-refractivity contribution is 6.22. The number of hydrogen-bond acceptors (Lipinski definition) is 6. The van der Waals surface area contributed by atoms with Crippen LogP contribution >= 0.6 is 0 Å². The molecule has 1 aliphatic heterocycles. The van der Waals surface area contributed by atoms with Crippen molar-refractivity contribution in [2.24, 2.45) is 0 Å². The van der Waals surface area contributed by atoms with Crippen molar-refractivity contribution in [2.75, 3.05) is 21.3 Å². The molecule has 2 aromatic carbocycles. The summed E-state index contributed by atoms with van der Waals surface area (Å²) in [6.45, 7) is 0. The lowest BCUT2D eigenvalue weighted by Crippen LogP contribution is -1.98. The fourth-order valence-corrected chi connectivity index (χ4v) is 2.75. The van der Waals surface area contributed by atoms with E-state index >= 15 is 0 Å². The standard InChI is InChI=1S/C21H18O6/c1-24-17-11-14(12-18(25-2)19(17)26-3)10-16-15(20(22)27-21(16)23)9-13-7-5-4-6-8-13/h4-12H,1-3H3/b15-9?,16-10+. The van der Waals surface area contributed by atoms with Gasteiger partial charge in [0.15, 0.2) is 11.5 Å². The van der Waals surface area contributed by atoms with Crippen LogP contribution in [0.15, 0.2) is 53.6 Å². The lowest BCUT2D eigenvalue weighted by molar-refractivity contribution is -0.149. The molecule has 1 saturated heterocycles. The summed E-state index contributed by atoms with van der Waals surface area (Å²) in [5, 5.41) is 0. The van der Waals surface area contributed by atoms with Gasteiger partial charge < -0.3 is 18.9 Å². The fraction of sp³-hybridized carbons (Fsp3) is 0.143. The Hall–Kier alpha value is -3.54. The van der Waals surface area contributed by atoms with E-state index in [0.717, 1.165) is 5.56 Å². The van der Waals surface area contributed by atoms with Gasteiger partial charge in [-0.1, -0.05) is 30.3 Å². The van der Waals surface area contributed by atoms with Crippen LogP contribution in [-0.2, 0) is 14.3 Å². The molecule has 27 heavy (non-hydrogen) atoms. The molecule has 0 radical (unpaired) electrons. The third-order valence-corrected chi connectivity index (χ3v) is 4.02. The van der Waals surface area contributed by atoms with Crippen LogP contribution in [0.2, 0.25) is 0 Å². The Labute approximate surface area is 156 Å². The zero-order chi connectivity index (χ0) is 19.4. The van der Waals surface area contributed by atoms with E-state index in [2.05, 4.69) is 0 Å². The minimum Gasteiger partial charge on any atom is -0.493 e. The number of rotatable bonds is 5. The predicted octanol–water partition coefficient (Wildman–Crippen LogP) is 3.26. The Morgan fingerprint density at radius 2 is 1.26 bits per heavy atom. The highest BCUT2D eigenvalue weighted by atomic mass is 16.6. The lowest BCUT2D eigenvalue weighted by atomic mass is 10.0. The van der Waals surface area contributed by atoms with Gasteiger partial charge in [-0.25, -0.2) is 9.59 Å². The SMILES string of the molecule is COc1cc(/C=C2/C(=O)OC(=O)C2=Cc2ccccc2)cc(OC)c1OC. The van der Waals surface area contributed by atoms with Crippen LogP contribution in [0.3, 0.4) is 0 Å². The fourth-order valence-electron chi connectivity index (χ4n) is 2.75. The number of cyclic esters (lactones) is 2. The molecule has 0 amide bonds. The monoisotopic (exact) mass is 366 g/mol. The van der Waals surface area contributed by atoms with Gasteiger partial charge in [0.25, 0.3) is 0 Å². The van der Waals surface area contributed by atoms with Crippen LogP contribution in [0.1, 0.15) is 11.1 Å². The molecular weight excluding hydrogens is 348 g/mol. The van der Waals surface area contributed by atoms with Gasteiger partial charge in [0.2, 0.25) is 5.75 Å². The maximum absolute atomic E-state index is 12.2. The van der Waals surface area contributed by atoms with Crippen molar-refractivity contribution < 1.29 is 28.5 Å². The molecule has 6 nitrogen and oxygen atoms in total. The maximum Gasteiger partial charge on any atom is 0.346 e. The van der Waals surface area contributed by atoms with E-state index in [4.69, 9.17) is 18.9 Å². The summed E-state index contributed by atoms with van der Waals surface area (Å²) in [6, 6.07) is 12.6. The van der Waals surface area contributed by atoms with Crippen molar-refractivity contribution in [3.63, 3.8) is 0 Å². The van der Waals surface area contributed by atoms with E-state index in [1.807, 2.05) is 30.3 Å². The molecule has 1 fully saturated rings. The van der Waals surface area contributed by atoms with Crippen LogP contribution in [0.5, 0.6) is 17.2 Å². The van der Waals surface area contributed by atoms with Gasteiger partial charge in [-0.3, -0.25) is 0 Å². The zero-order valence-corrected chi connectivity index (χ0v) is 15.1. The van der Waals surface area contributed by atoms with Crippen LogP contribution in [0, 0.1) is 0 Å². The lowest BCUT2D eigenvalue weighted by Gasteiger charge is -2.13. The van der Waals surface area contributed by atoms with Crippen LogP contribution in [-0.4, -0.2) is 33.3 Å². The second-order valence-electron chi connectivity index (χ2n) is 5.66. The molecule has 0 N–H and O–H groups in total. The third-order valence-electron chi connectivity index (χ3n) is 4.02. The second-order valence-corrected chi connectivity index (χ2v) is 5.66. The molecule has 0 aromatic heterocycles. The van der Waals surface area contributed by atoms with Gasteiger partial charge in [0.05, 0.1) is 32.5 Å². The van der Waals surface area contributed by atoms with Gasteiger partial charge in [0, 0.05) is 0 Å². The van der Waals surface area contributed by atoms with Crippen LogP contribution in [0.4, 0.5) is 0 Å². The average molecular weight is 366 g/mol. The van der Waals surface area contributed by atoms with Crippen molar-refractivity contribution >= 4 is 24.1 Å². The van der Waals surface area contributed by atoms with Gasteiger partial charge in [-0.15, -0.1) is 0 Å². The summed E-state index contributed by atoms with van der Waals surface area (Å²) < 4.78 is 20.7. The Morgan fingerprint density at radius 3 is 1.74 bits per heavy atom. The summed E-state index contributed by atoms with van der Waals surface area (Å²) in [6.07, 6.45) is 3.18. The summed E-state index contributed by atoms with van der Waals surface area (Å²) in [5.74, 6) is -0.0595. The Bertz CT molecular complexity index is 915. The molecule has 0 aliphatic carbocycles. The van der Waals surface area contributed by atoms with E-state index in [0.29, 0.717) is 22.8 Å². The predicted molar refractivity (Wildman–Crippen MR) is 99.6 cm³/mol. The van der Waals surface area contributed by atoms with E-state index in [-0.39, 0.29) is 11.1 Å². The summed E-state index contributed by atoms with van der Waals surface area (Å²) >= 11 is 0. The number of hydrogen-bond donors (Lipinski definition) is 0. The van der Waals surface area contributed by atoms with Gasteiger partial charge in [-0.2, -0.15) is 0 Å². The quantitative estimate of drug-likeness (QED) is 0.460. The van der Waals surface area contributed by atoms with Crippen molar-refractivity contribution in [1.29, 1.82) is 0 Å². The molecule has 0 spiro atoms. The highest BCUT2D eigenvalue weighted by Gasteiger charge is 2.33. The second kappa shape index (κ2) is 7.78. The van der Waals surface area contributed by atoms with Crippen molar-refractivity contribution in [1.82, 2.24) is 0 Å². The molecule has 1 aliphatic rings. The first-order valence-corrected chi connectivity index (χ1v) is 8.12. The number of carbonyl (C=O) groups is 2. The largest absolute Gasteiger partial charge is 0.493 e. The first-order valence-electron chi connectivity index (χ1n) is 8.12. The van der Waals surface area contributed by atoms with Crippen molar-refractivity contribution in [2.45, 2.75) is 0 Å². The average Bonchev–Trinajstić information content (AvgIpc) is 2.94. The third kappa shape index (κ3) is 3.69. The molecule has 1 heterocycles. The molecule has 0 unspecified atom stereocenters. The minimum absolute atomic E-state index is 0.165.